The number of carboxylic acids is 1. The number of halogens is 1. The fourth-order valence-electron chi connectivity index (χ4n) is 4.12. The maximum Gasteiger partial charge on any atom is 0.352 e. The van der Waals surface area contributed by atoms with Gasteiger partial charge in [0.1, 0.15) is 11.5 Å². The van der Waals surface area contributed by atoms with E-state index in [1.807, 2.05) is 6.92 Å². The summed E-state index contributed by atoms with van der Waals surface area (Å²) >= 11 is 0. The van der Waals surface area contributed by atoms with Crippen LogP contribution in [-0.4, -0.2) is 40.8 Å². The average molecular weight is 345 g/mol. The minimum absolute atomic E-state index is 0.0700. The number of pyridine rings is 1. The third-order valence-corrected chi connectivity index (χ3v) is 5.37. The molecule has 4 heterocycles. The molecule has 132 valence electrons. The first-order valence-electron chi connectivity index (χ1n) is 8.60. The molecule has 1 aromatic carbocycles. The summed E-state index contributed by atoms with van der Waals surface area (Å²) in [5.74, 6) is -1.59. The van der Waals surface area contributed by atoms with Gasteiger partial charge in [-0.2, -0.15) is 0 Å². The molecule has 2 unspecified atom stereocenters. The van der Waals surface area contributed by atoms with Crippen LogP contribution < -0.4 is 15.6 Å². The summed E-state index contributed by atoms with van der Waals surface area (Å²) in [7, 11) is 0. The van der Waals surface area contributed by atoms with Crippen molar-refractivity contribution in [3.05, 3.63) is 39.9 Å². The largest absolute Gasteiger partial charge is 0.477 e. The molecule has 0 saturated carbocycles. The van der Waals surface area contributed by atoms with E-state index >= 15 is 0 Å². The molecule has 0 spiro atoms. The van der Waals surface area contributed by atoms with E-state index in [1.165, 1.54) is 6.07 Å². The van der Waals surface area contributed by atoms with Gasteiger partial charge in [-0.3, -0.25) is 4.79 Å². The molecule has 7 heteroatoms. The molecule has 0 amide bonds. The van der Waals surface area contributed by atoms with Crippen LogP contribution in [0, 0.1) is 5.82 Å². The minimum atomic E-state index is -1.16. The number of benzene rings is 1. The number of rotatable bonds is 3. The number of aromatic carboxylic acids is 1. The third-order valence-electron chi connectivity index (χ3n) is 5.37. The number of aromatic nitrogens is 1. The van der Waals surface area contributed by atoms with Crippen molar-refractivity contribution in [3.63, 3.8) is 0 Å². The van der Waals surface area contributed by atoms with Crippen LogP contribution in [0.3, 0.4) is 0 Å². The van der Waals surface area contributed by atoms with Gasteiger partial charge < -0.3 is 19.9 Å². The Hall–Kier alpha value is -2.41. The van der Waals surface area contributed by atoms with Gasteiger partial charge in [-0.1, -0.05) is 0 Å². The zero-order valence-electron chi connectivity index (χ0n) is 14.0. The molecule has 5 rings (SSSR count). The Labute approximate surface area is 143 Å². The molecule has 2 aromatic rings. The van der Waals surface area contributed by atoms with Crippen molar-refractivity contribution in [2.75, 3.05) is 18.0 Å². The topological polar surface area (TPSA) is 74.6 Å². The zero-order valence-corrected chi connectivity index (χ0v) is 14.0. The summed E-state index contributed by atoms with van der Waals surface area (Å²) in [5.41, 5.74) is 0.384. The second kappa shape index (κ2) is 5.84. The number of anilines is 1. The quantitative estimate of drug-likeness (QED) is 0.887. The van der Waals surface area contributed by atoms with E-state index in [9.17, 15) is 19.1 Å². The molecule has 6 nitrogen and oxygen atoms in total. The summed E-state index contributed by atoms with van der Waals surface area (Å²) in [6.45, 7) is 3.74. The van der Waals surface area contributed by atoms with Gasteiger partial charge in [0.25, 0.3) is 0 Å². The van der Waals surface area contributed by atoms with Gasteiger partial charge in [0, 0.05) is 43.2 Å². The molecule has 1 aromatic heterocycles. The average Bonchev–Trinajstić information content (AvgIpc) is 2.62. The molecule has 2 bridgehead atoms. The van der Waals surface area contributed by atoms with Crippen molar-refractivity contribution in [1.29, 1.82) is 0 Å². The van der Waals surface area contributed by atoms with E-state index in [0.717, 1.165) is 32.0 Å². The lowest BCUT2D eigenvalue weighted by atomic mass is 9.92. The maximum absolute atomic E-state index is 14.8. The summed E-state index contributed by atoms with van der Waals surface area (Å²) in [4.78, 5) is 25.8. The number of piperazine rings is 1. The molecule has 3 saturated heterocycles. The van der Waals surface area contributed by atoms with E-state index < -0.39 is 17.2 Å². The fourth-order valence-corrected chi connectivity index (χ4v) is 4.12. The fraction of sp³-hybridized carbons (Fsp3) is 0.444. The number of nitrogens with one attached hydrogen (secondary N) is 1. The smallest absolute Gasteiger partial charge is 0.352 e. The van der Waals surface area contributed by atoms with E-state index in [4.69, 9.17) is 0 Å². The molecular formula is C18H20FN3O3. The number of carbonyl (C=O) groups is 1. The van der Waals surface area contributed by atoms with Crippen LogP contribution in [0.1, 0.15) is 30.3 Å². The van der Waals surface area contributed by atoms with Crippen LogP contribution in [0.4, 0.5) is 10.1 Å². The second-order valence-electron chi connectivity index (χ2n) is 6.75. The van der Waals surface area contributed by atoms with Gasteiger partial charge in [0.15, 0.2) is 5.43 Å². The maximum atomic E-state index is 14.8. The van der Waals surface area contributed by atoms with Crippen molar-refractivity contribution in [3.8, 4) is 0 Å². The summed E-state index contributed by atoms with van der Waals surface area (Å²) in [6.07, 6.45) is 2.09. The van der Waals surface area contributed by atoms with Gasteiger partial charge in [-0.05, 0) is 31.9 Å². The highest BCUT2D eigenvalue weighted by Crippen LogP contribution is 2.32. The Morgan fingerprint density at radius 1 is 1.36 bits per heavy atom. The van der Waals surface area contributed by atoms with Gasteiger partial charge in [-0.25, -0.2) is 9.18 Å². The summed E-state index contributed by atoms with van der Waals surface area (Å²) in [5, 5.41) is 13.0. The van der Waals surface area contributed by atoms with E-state index in [0.29, 0.717) is 23.8 Å². The number of nitrogens with zero attached hydrogens (tertiary/aromatic N) is 2. The van der Waals surface area contributed by atoms with Crippen molar-refractivity contribution < 1.29 is 14.3 Å². The molecule has 25 heavy (non-hydrogen) atoms. The lowest BCUT2D eigenvalue weighted by molar-refractivity contribution is 0.0685. The van der Waals surface area contributed by atoms with Crippen molar-refractivity contribution in [2.45, 2.75) is 38.4 Å². The van der Waals surface area contributed by atoms with Crippen LogP contribution in [-0.2, 0) is 6.54 Å². The highest BCUT2D eigenvalue weighted by Gasteiger charge is 2.34. The summed E-state index contributed by atoms with van der Waals surface area (Å²) in [6, 6.07) is 4.53. The van der Waals surface area contributed by atoms with Gasteiger partial charge >= 0.3 is 5.97 Å². The molecule has 0 radical (unpaired) electrons. The number of aryl methyl sites for hydroxylation is 1. The Morgan fingerprint density at radius 2 is 2.16 bits per heavy atom. The van der Waals surface area contributed by atoms with Crippen LogP contribution in [0.25, 0.3) is 10.9 Å². The Kier molecular flexibility index (Phi) is 3.76. The first kappa shape index (κ1) is 16.1. The van der Waals surface area contributed by atoms with Crippen molar-refractivity contribution in [1.82, 2.24) is 9.88 Å². The molecule has 3 aliphatic heterocycles. The van der Waals surface area contributed by atoms with Gasteiger partial charge in [0.2, 0.25) is 0 Å². The second-order valence-corrected chi connectivity index (χ2v) is 6.75. The Morgan fingerprint density at radius 3 is 2.72 bits per heavy atom. The predicted molar refractivity (Wildman–Crippen MR) is 93.0 cm³/mol. The number of piperidine rings is 2. The molecular weight excluding hydrogens is 325 g/mol. The van der Waals surface area contributed by atoms with Crippen LogP contribution >= 0.6 is 0 Å². The van der Waals surface area contributed by atoms with Crippen LogP contribution in [0.15, 0.2) is 23.0 Å². The third kappa shape index (κ3) is 2.50. The molecule has 0 aliphatic carbocycles. The molecule has 2 N–H and O–H groups in total. The zero-order chi connectivity index (χ0) is 17.7. The number of hydrogen-bond donors (Lipinski definition) is 2. The lowest BCUT2D eigenvalue weighted by Gasteiger charge is -2.47. The SMILES string of the molecule is CCn1c(C(=O)O)cc(=O)c2cc(F)c(N3CC4CCC3CN4)cc21. The number of hydrogen-bond acceptors (Lipinski definition) is 4. The number of carboxylic acid groups (broad SMARTS) is 1. The first-order valence-corrected chi connectivity index (χ1v) is 8.60. The van der Waals surface area contributed by atoms with Gasteiger partial charge in [-0.15, -0.1) is 0 Å². The normalized spacial score (nSPS) is 22.6. The number of fused-ring (bicyclic) bond motifs is 4. The molecule has 3 aliphatic rings. The van der Waals surface area contributed by atoms with Crippen LogP contribution in [0.2, 0.25) is 0 Å². The van der Waals surface area contributed by atoms with E-state index in [2.05, 4.69) is 10.2 Å². The van der Waals surface area contributed by atoms with E-state index in [1.54, 1.807) is 10.6 Å². The highest BCUT2D eigenvalue weighted by molar-refractivity contribution is 5.91. The van der Waals surface area contributed by atoms with Crippen molar-refractivity contribution in [2.24, 2.45) is 0 Å². The van der Waals surface area contributed by atoms with Gasteiger partial charge in [0.05, 0.1) is 11.2 Å². The first-order chi connectivity index (χ1) is 12.0. The monoisotopic (exact) mass is 345 g/mol. The Bertz CT molecular complexity index is 916. The molecule has 3 fully saturated rings. The van der Waals surface area contributed by atoms with Crippen LogP contribution in [0.5, 0.6) is 0 Å². The lowest BCUT2D eigenvalue weighted by Crippen LogP contribution is -2.61. The minimum Gasteiger partial charge on any atom is -0.477 e. The van der Waals surface area contributed by atoms with E-state index in [-0.39, 0.29) is 17.1 Å². The predicted octanol–water partition coefficient (Wildman–Crippen LogP) is 1.80. The molecule has 2 atom stereocenters. The summed E-state index contributed by atoms with van der Waals surface area (Å²) < 4.78 is 16.3. The highest BCUT2D eigenvalue weighted by atomic mass is 19.1. The van der Waals surface area contributed by atoms with Crippen molar-refractivity contribution >= 4 is 22.6 Å². The standard InChI is InChI=1S/C18H20FN3O3/c1-2-21-14-6-15(22-9-10-3-4-11(22)8-20-10)13(19)5-12(14)17(23)7-16(21)18(24)25/h5-7,10-11,20H,2-4,8-9H2,1H3,(H,24,25). The Balaban J connectivity index is 1.93.